The summed E-state index contributed by atoms with van der Waals surface area (Å²) in [5.74, 6) is 0.740. The number of nitrogens with one attached hydrogen (secondary N) is 1. The quantitative estimate of drug-likeness (QED) is 0.687. The van der Waals surface area contributed by atoms with Gasteiger partial charge in [-0.2, -0.15) is 0 Å². The van der Waals surface area contributed by atoms with Gasteiger partial charge in [-0.1, -0.05) is 27.7 Å². The van der Waals surface area contributed by atoms with Gasteiger partial charge in [-0.3, -0.25) is 0 Å². The molecule has 0 amide bonds. The van der Waals surface area contributed by atoms with Gasteiger partial charge in [-0.25, -0.2) is 0 Å². The molecule has 0 radical (unpaired) electrons. The molecule has 98 valence electrons. The van der Waals surface area contributed by atoms with Gasteiger partial charge < -0.3 is 10.2 Å². The highest BCUT2D eigenvalue weighted by Gasteiger charge is 2.24. The van der Waals surface area contributed by atoms with Crippen LogP contribution in [0, 0.1) is 11.3 Å². The third-order valence-electron chi connectivity index (χ3n) is 3.47. The van der Waals surface area contributed by atoms with Crippen molar-refractivity contribution in [3.05, 3.63) is 0 Å². The largest absolute Gasteiger partial charge is 0.316 e. The van der Waals surface area contributed by atoms with Crippen LogP contribution in [-0.4, -0.2) is 37.6 Å². The molecule has 1 unspecified atom stereocenters. The first-order valence-electron chi connectivity index (χ1n) is 6.71. The van der Waals surface area contributed by atoms with E-state index in [4.69, 9.17) is 0 Å². The van der Waals surface area contributed by atoms with Crippen molar-refractivity contribution in [2.45, 2.75) is 54.0 Å². The Labute approximate surface area is 103 Å². The van der Waals surface area contributed by atoms with Gasteiger partial charge in [-0.05, 0) is 45.2 Å². The van der Waals surface area contributed by atoms with Crippen molar-refractivity contribution in [3.8, 4) is 0 Å². The average Bonchev–Trinajstić information content (AvgIpc) is 2.16. The molecule has 0 rings (SSSR count). The van der Waals surface area contributed by atoms with Crippen molar-refractivity contribution < 1.29 is 0 Å². The van der Waals surface area contributed by atoms with Crippen LogP contribution in [0.4, 0.5) is 0 Å². The Morgan fingerprint density at radius 3 is 2.12 bits per heavy atom. The fourth-order valence-electron chi connectivity index (χ4n) is 1.74. The fourth-order valence-corrected chi connectivity index (χ4v) is 1.74. The van der Waals surface area contributed by atoms with E-state index in [1.54, 1.807) is 0 Å². The van der Waals surface area contributed by atoms with E-state index in [1.165, 1.54) is 13.0 Å². The minimum absolute atomic E-state index is 0.397. The van der Waals surface area contributed by atoms with E-state index in [0.717, 1.165) is 19.0 Å². The average molecular weight is 228 g/mol. The SMILES string of the molecule is CCC(C)(CNCC(C)C)CN(C)C(C)C. The van der Waals surface area contributed by atoms with Crippen LogP contribution in [0.2, 0.25) is 0 Å². The predicted octanol–water partition coefficient (Wildman–Crippen LogP) is 2.99. The zero-order valence-corrected chi connectivity index (χ0v) is 12.4. The minimum Gasteiger partial charge on any atom is -0.316 e. The van der Waals surface area contributed by atoms with E-state index in [0.29, 0.717) is 11.5 Å². The monoisotopic (exact) mass is 228 g/mol. The molecule has 0 spiro atoms. The van der Waals surface area contributed by atoms with Gasteiger partial charge in [0.2, 0.25) is 0 Å². The first-order chi connectivity index (χ1) is 7.30. The molecule has 0 saturated heterocycles. The molecule has 2 heteroatoms. The van der Waals surface area contributed by atoms with Gasteiger partial charge in [0, 0.05) is 19.1 Å². The fraction of sp³-hybridized carbons (Fsp3) is 1.00. The third kappa shape index (κ3) is 6.49. The van der Waals surface area contributed by atoms with Crippen LogP contribution in [0.5, 0.6) is 0 Å². The molecule has 0 bridgehead atoms. The molecule has 0 saturated carbocycles. The van der Waals surface area contributed by atoms with E-state index < -0.39 is 0 Å². The Morgan fingerprint density at radius 1 is 1.19 bits per heavy atom. The van der Waals surface area contributed by atoms with Crippen LogP contribution in [0.3, 0.4) is 0 Å². The summed E-state index contributed by atoms with van der Waals surface area (Å²) in [7, 11) is 2.22. The standard InChI is InChI=1S/C14H32N2/c1-8-14(6,10-15-9-12(2)3)11-16(7)13(4)5/h12-13,15H,8-11H2,1-7H3. The van der Waals surface area contributed by atoms with Crippen molar-refractivity contribution in [1.82, 2.24) is 10.2 Å². The zero-order chi connectivity index (χ0) is 12.8. The Morgan fingerprint density at radius 2 is 1.75 bits per heavy atom. The molecule has 1 atom stereocenters. The van der Waals surface area contributed by atoms with E-state index in [9.17, 15) is 0 Å². The van der Waals surface area contributed by atoms with Gasteiger partial charge in [0.05, 0.1) is 0 Å². The summed E-state index contributed by atoms with van der Waals surface area (Å²) in [6.45, 7) is 17.2. The van der Waals surface area contributed by atoms with E-state index in [2.05, 4.69) is 58.8 Å². The number of hydrogen-bond donors (Lipinski definition) is 1. The maximum Gasteiger partial charge on any atom is 0.00470 e. The second-order valence-corrected chi connectivity index (χ2v) is 6.20. The minimum atomic E-state index is 0.397. The third-order valence-corrected chi connectivity index (χ3v) is 3.47. The molecule has 0 fully saturated rings. The van der Waals surface area contributed by atoms with Gasteiger partial charge in [0.1, 0.15) is 0 Å². The maximum atomic E-state index is 3.59. The molecule has 0 aliphatic carbocycles. The predicted molar refractivity (Wildman–Crippen MR) is 73.9 cm³/mol. The number of rotatable bonds is 8. The summed E-state index contributed by atoms with van der Waals surface area (Å²) < 4.78 is 0. The molecule has 2 nitrogen and oxygen atoms in total. The summed E-state index contributed by atoms with van der Waals surface area (Å²) in [4.78, 5) is 2.44. The lowest BCUT2D eigenvalue weighted by Crippen LogP contribution is -2.43. The first kappa shape index (κ1) is 15.9. The summed E-state index contributed by atoms with van der Waals surface area (Å²) >= 11 is 0. The van der Waals surface area contributed by atoms with Gasteiger partial charge in [0.15, 0.2) is 0 Å². The van der Waals surface area contributed by atoms with Crippen molar-refractivity contribution >= 4 is 0 Å². The second kappa shape index (κ2) is 7.29. The lowest BCUT2D eigenvalue weighted by Gasteiger charge is -2.35. The summed E-state index contributed by atoms with van der Waals surface area (Å²) in [6.07, 6.45) is 1.23. The highest BCUT2D eigenvalue weighted by Crippen LogP contribution is 2.22. The van der Waals surface area contributed by atoms with Crippen LogP contribution in [0.25, 0.3) is 0 Å². The lowest BCUT2D eigenvalue weighted by molar-refractivity contribution is 0.153. The molecule has 1 N–H and O–H groups in total. The first-order valence-corrected chi connectivity index (χ1v) is 6.71. The highest BCUT2D eigenvalue weighted by molar-refractivity contribution is 4.79. The van der Waals surface area contributed by atoms with Crippen LogP contribution in [0.1, 0.15) is 48.0 Å². The molecular formula is C14H32N2. The van der Waals surface area contributed by atoms with Crippen LogP contribution in [-0.2, 0) is 0 Å². The molecule has 16 heavy (non-hydrogen) atoms. The van der Waals surface area contributed by atoms with Crippen LogP contribution < -0.4 is 5.32 Å². The van der Waals surface area contributed by atoms with Gasteiger partial charge in [-0.15, -0.1) is 0 Å². The van der Waals surface area contributed by atoms with Crippen molar-refractivity contribution in [2.24, 2.45) is 11.3 Å². The van der Waals surface area contributed by atoms with E-state index in [1.807, 2.05) is 0 Å². The zero-order valence-electron chi connectivity index (χ0n) is 12.4. The van der Waals surface area contributed by atoms with Crippen molar-refractivity contribution in [3.63, 3.8) is 0 Å². The van der Waals surface area contributed by atoms with Crippen LogP contribution >= 0.6 is 0 Å². The molecule has 0 aromatic heterocycles. The molecule has 0 heterocycles. The summed E-state index contributed by atoms with van der Waals surface area (Å²) in [5.41, 5.74) is 0.397. The Hall–Kier alpha value is -0.0800. The topological polar surface area (TPSA) is 15.3 Å². The van der Waals surface area contributed by atoms with Crippen LogP contribution in [0.15, 0.2) is 0 Å². The van der Waals surface area contributed by atoms with Gasteiger partial charge >= 0.3 is 0 Å². The lowest BCUT2D eigenvalue weighted by atomic mass is 9.86. The van der Waals surface area contributed by atoms with Crippen molar-refractivity contribution in [2.75, 3.05) is 26.7 Å². The Bertz CT molecular complexity index is 178. The normalized spacial score (nSPS) is 16.1. The second-order valence-electron chi connectivity index (χ2n) is 6.20. The summed E-state index contributed by atoms with van der Waals surface area (Å²) in [6, 6.07) is 0.635. The van der Waals surface area contributed by atoms with E-state index >= 15 is 0 Å². The Kier molecular flexibility index (Phi) is 7.25. The Balaban J connectivity index is 4.09. The number of nitrogens with zero attached hydrogens (tertiary/aromatic N) is 1. The molecule has 0 aromatic carbocycles. The molecular weight excluding hydrogens is 196 g/mol. The molecule has 0 aliphatic rings. The maximum absolute atomic E-state index is 3.59. The number of hydrogen-bond acceptors (Lipinski definition) is 2. The molecule has 0 aromatic rings. The van der Waals surface area contributed by atoms with Gasteiger partial charge in [0.25, 0.3) is 0 Å². The molecule has 0 aliphatic heterocycles. The summed E-state index contributed by atoms with van der Waals surface area (Å²) in [5, 5.41) is 3.59. The smallest absolute Gasteiger partial charge is 0.00470 e. The van der Waals surface area contributed by atoms with Crippen molar-refractivity contribution in [1.29, 1.82) is 0 Å². The highest BCUT2D eigenvalue weighted by atomic mass is 15.1. The van der Waals surface area contributed by atoms with E-state index in [-0.39, 0.29) is 0 Å².